The smallest absolute Gasteiger partial charge is 0.178 e. The SMILES string of the molecule is CCCCC/C=C\C/C=C\C/C=C\CCCCC(=O)C(O)(CO)C(O)C(=O)CCCCCCC. The fraction of sp³-hybridized carbons (Fsp3) is 0.724. The van der Waals surface area contributed by atoms with Gasteiger partial charge in [0, 0.05) is 12.8 Å². The first-order valence-corrected chi connectivity index (χ1v) is 13.5. The van der Waals surface area contributed by atoms with Crippen LogP contribution in [-0.2, 0) is 9.59 Å². The maximum atomic E-state index is 12.4. The minimum atomic E-state index is -2.40. The van der Waals surface area contributed by atoms with Gasteiger partial charge >= 0.3 is 0 Å². The van der Waals surface area contributed by atoms with E-state index in [0.29, 0.717) is 12.8 Å². The van der Waals surface area contributed by atoms with Gasteiger partial charge in [-0.2, -0.15) is 0 Å². The average Bonchev–Trinajstić information content (AvgIpc) is 2.84. The van der Waals surface area contributed by atoms with Crippen molar-refractivity contribution < 1.29 is 24.9 Å². The van der Waals surface area contributed by atoms with Crippen LogP contribution in [0.25, 0.3) is 0 Å². The van der Waals surface area contributed by atoms with E-state index in [1.54, 1.807) is 0 Å². The molecule has 0 radical (unpaired) electrons. The molecule has 0 amide bonds. The van der Waals surface area contributed by atoms with Gasteiger partial charge in [0.1, 0.15) is 0 Å². The summed E-state index contributed by atoms with van der Waals surface area (Å²) in [6, 6.07) is 0. The third kappa shape index (κ3) is 15.4. The summed E-state index contributed by atoms with van der Waals surface area (Å²) in [5.74, 6) is -1.25. The van der Waals surface area contributed by atoms with Crippen molar-refractivity contribution in [3.05, 3.63) is 36.5 Å². The topological polar surface area (TPSA) is 94.8 Å². The zero-order chi connectivity index (χ0) is 25.5. The number of allylic oxidation sites excluding steroid dienone is 6. The number of carbonyl (C=O) groups is 2. The summed E-state index contributed by atoms with van der Waals surface area (Å²) in [4.78, 5) is 24.6. The van der Waals surface area contributed by atoms with Gasteiger partial charge in [-0.3, -0.25) is 9.59 Å². The largest absolute Gasteiger partial charge is 0.393 e. The fourth-order valence-electron chi connectivity index (χ4n) is 3.69. The van der Waals surface area contributed by atoms with Crippen LogP contribution in [0.2, 0.25) is 0 Å². The summed E-state index contributed by atoms with van der Waals surface area (Å²) in [5.41, 5.74) is -2.40. The van der Waals surface area contributed by atoms with Crippen molar-refractivity contribution in [1.82, 2.24) is 0 Å². The molecule has 3 N–H and O–H groups in total. The summed E-state index contributed by atoms with van der Waals surface area (Å²) in [6.45, 7) is 3.37. The van der Waals surface area contributed by atoms with Crippen molar-refractivity contribution in [2.24, 2.45) is 0 Å². The number of carbonyl (C=O) groups excluding carboxylic acids is 2. The Morgan fingerprint density at radius 3 is 1.74 bits per heavy atom. The predicted molar refractivity (Wildman–Crippen MR) is 141 cm³/mol. The van der Waals surface area contributed by atoms with Gasteiger partial charge in [0.05, 0.1) is 6.61 Å². The lowest BCUT2D eigenvalue weighted by Gasteiger charge is -2.28. The van der Waals surface area contributed by atoms with Crippen LogP contribution in [0.4, 0.5) is 0 Å². The molecule has 0 aromatic rings. The van der Waals surface area contributed by atoms with Gasteiger partial charge in [0.2, 0.25) is 0 Å². The molecule has 0 aromatic carbocycles. The van der Waals surface area contributed by atoms with Crippen molar-refractivity contribution >= 4 is 11.6 Å². The van der Waals surface area contributed by atoms with E-state index in [-0.39, 0.29) is 12.8 Å². The molecule has 0 saturated heterocycles. The van der Waals surface area contributed by atoms with Gasteiger partial charge in [0.15, 0.2) is 23.3 Å². The molecule has 0 rings (SSSR count). The van der Waals surface area contributed by atoms with E-state index < -0.39 is 29.9 Å². The first-order valence-electron chi connectivity index (χ1n) is 13.5. The summed E-state index contributed by atoms with van der Waals surface area (Å²) < 4.78 is 0. The second-order valence-corrected chi connectivity index (χ2v) is 9.17. The summed E-state index contributed by atoms with van der Waals surface area (Å²) in [7, 11) is 0. The molecule has 2 unspecified atom stereocenters. The van der Waals surface area contributed by atoms with Crippen LogP contribution in [0.15, 0.2) is 36.5 Å². The highest BCUT2D eigenvalue weighted by atomic mass is 16.4. The van der Waals surface area contributed by atoms with E-state index in [1.165, 1.54) is 19.3 Å². The third-order valence-corrected chi connectivity index (χ3v) is 6.05. The Morgan fingerprint density at radius 2 is 1.18 bits per heavy atom. The number of hydrogen-bond donors (Lipinski definition) is 3. The van der Waals surface area contributed by atoms with Gasteiger partial charge in [-0.15, -0.1) is 0 Å². The molecule has 0 aliphatic heterocycles. The van der Waals surface area contributed by atoms with E-state index >= 15 is 0 Å². The Bertz CT molecular complexity index is 608. The number of unbranched alkanes of at least 4 members (excludes halogenated alkanes) is 9. The van der Waals surface area contributed by atoms with Crippen LogP contribution < -0.4 is 0 Å². The molecule has 0 heterocycles. The lowest BCUT2D eigenvalue weighted by atomic mass is 9.86. The summed E-state index contributed by atoms with van der Waals surface area (Å²) in [5, 5.41) is 30.3. The Balaban J connectivity index is 4.10. The molecule has 5 nitrogen and oxygen atoms in total. The normalized spacial score (nSPS) is 14.9. The van der Waals surface area contributed by atoms with E-state index in [4.69, 9.17) is 0 Å². The molecule has 196 valence electrons. The van der Waals surface area contributed by atoms with Crippen LogP contribution >= 0.6 is 0 Å². The number of ketones is 2. The zero-order valence-electron chi connectivity index (χ0n) is 21.7. The second-order valence-electron chi connectivity index (χ2n) is 9.17. The van der Waals surface area contributed by atoms with Crippen molar-refractivity contribution in [2.75, 3.05) is 6.61 Å². The monoisotopic (exact) mass is 478 g/mol. The fourth-order valence-corrected chi connectivity index (χ4v) is 3.69. The van der Waals surface area contributed by atoms with Gasteiger partial charge < -0.3 is 15.3 Å². The van der Waals surface area contributed by atoms with E-state index in [2.05, 4.69) is 50.3 Å². The van der Waals surface area contributed by atoms with Gasteiger partial charge in [-0.05, 0) is 51.4 Å². The average molecular weight is 479 g/mol. The molecule has 2 atom stereocenters. The highest BCUT2D eigenvalue weighted by Gasteiger charge is 2.45. The molecule has 0 fully saturated rings. The molecule has 0 bridgehead atoms. The summed E-state index contributed by atoms with van der Waals surface area (Å²) in [6.07, 6.45) is 24.8. The van der Waals surface area contributed by atoms with E-state index in [1.807, 2.05) is 0 Å². The lowest BCUT2D eigenvalue weighted by molar-refractivity contribution is -0.165. The maximum Gasteiger partial charge on any atom is 0.178 e. The minimum absolute atomic E-state index is 0.0240. The minimum Gasteiger partial charge on any atom is -0.393 e. The highest BCUT2D eigenvalue weighted by Crippen LogP contribution is 2.19. The molecular weight excluding hydrogens is 428 g/mol. The van der Waals surface area contributed by atoms with Crippen LogP contribution in [0.5, 0.6) is 0 Å². The Kier molecular flexibility index (Phi) is 20.9. The lowest BCUT2D eigenvalue weighted by Crippen LogP contribution is -2.55. The molecule has 0 saturated carbocycles. The van der Waals surface area contributed by atoms with Crippen LogP contribution in [0, 0.1) is 0 Å². The Morgan fingerprint density at radius 1 is 0.706 bits per heavy atom. The number of Topliss-reactive ketones (excluding diaryl/α,β-unsaturated/α-hetero) is 2. The van der Waals surface area contributed by atoms with Crippen LogP contribution in [0.1, 0.15) is 117 Å². The predicted octanol–water partition coefficient (Wildman–Crippen LogP) is 6.16. The molecule has 34 heavy (non-hydrogen) atoms. The zero-order valence-corrected chi connectivity index (χ0v) is 21.7. The first-order chi connectivity index (χ1) is 16.4. The molecular formula is C29H50O5. The highest BCUT2D eigenvalue weighted by molar-refractivity contribution is 5.96. The number of rotatable bonds is 23. The number of aliphatic hydroxyl groups is 3. The van der Waals surface area contributed by atoms with Gasteiger partial charge in [0.25, 0.3) is 0 Å². The molecule has 0 aliphatic rings. The van der Waals surface area contributed by atoms with Gasteiger partial charge in [-0.25, -0.2) is 0 Å². The van der Waals surface area contributed by atoms with Crippen molar-refractivity contribution in [3.8, 4) is 0 Å². The molecule has 5 heteroatoms. The van der Waals surface area contributed by atoms with Crippen LogP contribution in [-0.4, -0.2) is 45.2 Å². The molecule has 0 aliphatic carbocycles. The quantitative estimate of drug-likeness (QED) is 0.121. The van der Waals surface area contributed by atoms with Crippen molar-refractivity contribution in [2.45, 2.75) is 128 Å². The second kappa shape index (κ2) is 21.9. The first kappa shape index (κ1) is 32.4. The molecule has 0 spiro atoms. The number of aliphatic hydroxyl groups excluding tert-OH is 2. The van der Waals surface area contributed by atoms with Crippen LogP contribution in [0.3, 0.4) is 0 Å². The Labute approximate surface area is 208 Å². The van der Waals surface area contributed by atoms with Gasteiger partial charge in [-0.1, -0.05) is 88.8 Å². The molecule has 0 aromatic heterocycles. The summed E-state index contributed by atoms with van der Waals surface area (Å²) >= 11 is 0. The maximum absolute atomic E-state index is 12.4. The third-order valence-electron chi connectivity index (χ3n) is 6.05. The Hall–Kier alpha value is -1.56. The van der Waals surface area contributed by atoms with Crippen molar-refractivity contribution in [3.63, 3.8) is 0 Å². The van der Waals surface area contributed by atoms with Crippen molar-refractivity contribution in [1.29, 1.82) is 0 Å². The number of hydrogen-bond acceptors (Lipinski definition) is 5. The van der Waals surface area contributed by atoms with E-state index in [9.17, 15) is 24.9 Å². The van der Waals surface area contributed by atoms with E-state index in [0.717, 1.165) is 57.8 Å². The standard InChI is InChI=1S/C29H50O5/c1-3-5-7-9-10-11-12-13-14-15-16-17-18-20-22-24-27(32)29(34,25-30)28(33)26(31)23-21-19-8-6-4-2/h10-11,13-14,16-17,28,30,33-34H,3-9,12,15,18-25H2,1-2H3/b11-10-,14-13-,17-16-.